The minimum absolute atomic E-state index is 0.121. The average Bonchev–Trinajstić information content (AvgIpc) is 3.34. The first-order valence-corrected chi connectivity index (χ1v) is 24.6. The van der Waals surface area contributed by atoms with Gasteiger partial charge in [0, 0.05) is 25.8 Å². The van der Waals surface area contributed by atoms with Crippen molar-refractivity contribution < 1.29 is 78.6 Å². The molecule has 7 aromatic carbocycles. The van der Waals surface area contributed by atoms with Gasteiger partial charge in [-0.2, -0.15) is 0 Å². The van der Waals surface area contributed by atoms with Crippen LogP contribution in [-0.4, -0.2) is 18.5 Å². The fourth-order valence-electron chi connectivity index (χ4n) is 6.94. The van der Waals surface area contributed by atoms with Gasteiger partial charge in [0.15, 0.2) is 50.1 Å². The molecule has 0 bridgehead atoms. The molecule has 0 unspecified atom stereocenters. The Kier molecular flexibility index (Phi) is 18.0. The van der Waals surface area contributed by atoms with E-state index in [1.165, 1.54) is 12.0 Å². The lowest BCUT2D eigenvalue weighted by Crippen LogP contribution is -3.61. The van der Waals surface area contributed by atoms with Crippen LogP contribution in [0.15, 0.2) is 89.8 Å². The Balaban J connectivity index is 0.000000276. The van der Waals surface area contributed by atoms with E-state index in [-0.39, 0.29) is 21.2 Å². The summed E-state index contributed by atoms with van der Waals surface area (Å²) in [5.74, 6) is -29.4. The molecule has 0 saturated carbocycles. The summed E-state index contributed by atoms with van der Waals surface area (Å²) in [6, 6.07) is 29.5. The van der Waals surface area contributed by atoms with Crippen molar-refractivity contribution >= 4 is 133 Å². The molecule has 356 valence electrons. The predicted octanol–water partition coefficient (Wildman–Crippen LogP) is 11.9. The van der Waals surface area contributed by atoms with Gasteiger partial charge in [0.1, 0.15) is 35.2 Å². The summed E-state index contributed by atoms with van der Waals surface area (Å²) >= 11 is 48.4. The third-order valence-electron chi connectivity index (χ3n) is 9.84. The number of thioether (sulfide) groups is 1. The molecule has 0 spiro atoms. The summed E-state index contributed by atoms with van der Waals surface area (Å²) in [6.45, 7) is 0.729. The van der Waals surface area contributed by atoms with Gasteiger partial charge in [-0.15, -0.1) is 33.6 Å². The standard InChI is InChI=1S/C24BCl8F12.C20H18IOS/c26-5-1(13(34)21(42)17(38)9(5)30)25(2-6(27)10(31)18(39)22(43)14(2)35,3-7(28)11(32)19(40)23(44)15(3)36)4-8(29)12(33)20(41)24(45)16(4)37;1-3-9-17(10-4-1)21-19-13-7-8-14-20(19)23-16-15-22-18-11-5-2-6-12-18/h;1-14H,15-16H2/q-1;+1. The van der Waals surface area contributed by atoms with Gasteiger partial charge >= 0.3 is 21.2 Å². The van der Waals surface area contributed by atoms with Crippen LogP contribution in [0.5, 0.6) is 5.75 Å². The quantitative estimate of drug-likeness (QED) is 0.0243. The molecule has 0 aliphatic heterocycles. The molecule has 0 fully saturated rings. The smallest absolute Gasteiger partial charge is 0.359 e. The molecule has 0 radical (unpaired) electrons. The van der Waals surface area contributed by atoms with E-state index in [9.17, 15) is 17.6 Å². The highest BCUT2D eigenvalue weighted by Crippen LogP contribution is 2.40. The third-order valence-corrected chi connectivity index (χ3v) is 17.5. The van der Waals surface area contributed by atoms with Gasteiger partial charge in [-0.05, 0) is 36.4 Å². The van der Waals surface area contributed by atoms with Gasteiger partial charge in [-0.1, -0.05) is 141 Å². The number of benzene rings is 7. The fraction of sp³-hybridized carbons (Fsp3) is 0.0455. The van der Waals surface area contributed by atoms with Gasteiger partial charge in [0.05, 0.1) is 31.6 Å². The number of hydrogen-bond donors (Lipinski definition) is 0. The summed E-state index contributed by atoms with van der Waals surface area (Å²) in [5, 5.41) is -13.9. The molecule has 0 heterocycles. The van der Waals surface area contributed by atoms with Crippen LogP contribution in [0, 0.1) is 76.9 Å². The maximum Gasteiger partial charge on any atom is 0.359 e. The molecule has 24 heteroatoms. The first kappa shape index (κ1) is 54.3. The van der Waals surface area contributed by atoms with Crippen LogP contribution < -0.4 is 47.8 Å². The van der Waals surface area contributed by atoms with E-state index >= 15 is 35.1 Å². The molecule has 0 amide bonds. The summed E-state index contributed by atoms with van der Waals surface area (Å²) in [4.78, 5) is 1.39. The van der Waals surface area contributed by atoms with Crippen molar-refractivity contribution in [3.05, 3.63) is 202 Å². The molecular weight excluding hydrogens is 1230 g/mol. The molecular formula is C44H18BCl8F12IOS. The lowest BCUT2D eigenvalue weighted by Gasteiger charge is -2.46. The molecule has 0 saturated heterocycles. The van der Waals surface area contributed by atoms with Crippen LogP contribution in [0.1, 0.15) is 0 Å². The van der Waals surface area contributed by atoms with Crippen molar-refractivity contribution in [2.45, 2.75) is 4.90 Å². The molecule has 7 aromatic rings. The van der Waals surface area contributed by atoms with Gasteiger partial charge in [0.2, 0.25) is 3.57 Å². The zero-order valence-corrected chi connectivity index (χ0v) is 41.8. The molecule has 0 aromatic heterocycles. The molecule has 1 nitrogen and oxygen atoms in total. The first-order chi connectivity index (χ1) is 32.1. The summed E-state index contributed by atoms with van der Waals surface area (Å²) in [6.07, 6.45) is -5.62. The van der Waals surface area contributed by atoms with Crippen LogP contribution >= 0.6 is 105 Å². The Morgan fingerprint density at radius 3 is 1.07 bits per heavy atom. The fourth-order valence-corrected chi connectivity index (χ4v) is 12.8. The Bertz CT molecular complexity index is 2690. The Morgan fingerprint density at radius 1 is 0.382 bits per heavy atom. The maximum atomic E-state index is 16.0. The molecule has 0 atom stereocenters. The zero-order chi connectivity index (χ0) is 50.1. The van der Waals surface area contributed by atoms with Crippen LogP contribution in [0.3, 0.4) is 0 Å². The summed E-state index contributed by atoms with van der Waals surface area (Å²) in [7, 11) is 0. The van der Waals surface area contributed by atoms with Crippen molar-refractivity contribution in [2.24, 2.45) is 0 Å². The van der Waals surface area contributed by atoms with E-state index in [1.807, 2.05) is 42.1 Å². The molecule has 0 aliphatic rings. The molecule has 68 heavy (non-hydrogen) atoms. The lowest BCUT2D eigenvalue weighted by atomic mass is 9.12. The highest BCUT2D eigenvalue weighted by Gasteiger charge is 2.50. The minimum atomic E-state index is -5.62. The highest BCUT2D eigenvalue weighted by molar-refractivity contribution is 7.99. The van der Waals surface area contributed by atoms with Gasteiger partial charge in [-0.25, -0.2) is 52.7 Å². The number of rotatable bonds is 11. The molecule has 7 rings (SSSR count). The van der Waals surface area contributed by atoms with E-state index in [2.05, 4.69) is 54.6 Å². The normalized spacial score (nSPS) is 11.5. The largest absolute Gasteiger partial charge is 0.493 e. The monoisotopic (exact) mass is 1240 g/mol. The molecule has 0 aliphatic carbocycles. The summed E-state index contributed by atoms with van der Waals surface area (Å²) < 4.78 is 191. The van der Waals surface area contributed by atoms with E-state index < -0.39 is 138 Å². The second-order valence-electron chi connectivity index (χ2n) is 13.6. The SMILES string of the molecule is Fc1c(F)c(Cl)c(Cl)c([B-](c2c(F)c(F)c(F)c(Cl)c2Cl)(c2c(F)c(F)c(F)c(Cl)c2Cl)c2c(F)c(F)c(F)c(Cl)c2Cl)c1F.c1ccc(OCCSc2ccccc2[I+]c2ccccc2)cc1. The summed E-state index contributed by atoms with van der Waals surface area (Å²) in [5.41, 5.74) is -8.47. The number of halogens is 21. The van der Waals surface area contributed by atoms with E-state index in [1.54, 1.807) is 0 Å². The number of ether oxygens (including phenoxy) is 1. The van der Waals surface area contributed by atoms with E-state index in [0.29, 0.717) is 0 Å². The third kappa shape index (κ3) is 10.1. The zero-order valence-electron chi connectivity index (χ0n) is 32.8. The number of para-hydroxylation sites is 1. The van der Waals surface area contributed by atoms with Gasteiger partial charge in [-0.3, -0.25) is 0 Å². The lowest BCUT2D eigenvalue weighted by molar-refractivity contribution is -0.601. The van der Waals surface area contributed by atoms with Crippen LogP contribution in [0.4, 0.5) is 52.7 Å². The predicted molar refractivity (Wildman–Crippen MR) is 243 cm³/mol. The second kappa shape index (κ2) is 22.6. The Labute approximate surface area is 432 Å². The van der Waals surface area contributed by atoms with Crippen molar-refractivity contribution in [3.63, 3.8) is 0 Å². The molecule has 0 N–H and O–H groups in total. The Hall–Kier alpha value is -3.04. The van der Waals surface area contributed by atoms with Crippen molar-refractivity contribution in [2.75, 3.05) is 12.4 Å². The number of hydrogen-bond acceptors (Lipinski definition) is 2. The van der Waals surface area contributed by atoms with Gasteiger partial charge in [0.25, 0.3) is 0 Å². The van der Waals surface area contributed by atoms with Crippen LogP contribution in [0.2, 0.25) is 40.2 Å². The van der Waals surface area contributed by atoms with Crippen molar-refractivity contribution in [3.8, 4) is 5.75 Å². The second-order valence-corrected chi connectivity index (χ2v) is 20.7. The van der Waals surface area contributed by atoms with Crippen molar-refractivity contribution in [1.82, 2.24) is 0 Å². The van der Waals surface area contributed by atoms with E-state index in [4.69, 9.17) is 97.5 Å². The van der Waals surface area contributed by atoms with Crippen molar-refractivity contribution in [1.29, 1.82) is 0 Å². The topological polar surface area (TPSA) is 9.23 Å². The van der Waals surface area contributed by atoms with Crippen LogP contribution in [-0.2, 0) is 0 Å². The van der Waals surface area contributed by atoms with E-state index in [0.717, 1.165) is 18.1 Å². The Morgan fingerprint density at radius 2 is 0.706 bits per heavy atom. The average molecular weight is 1240 g/mol. The van der Waals surface area contributed by atoms with Gasteiger partial charge < -0.3 is 4.74 Å². The van der Waals surface area contributed by atoms with Crippen LogP contribution in [0.25, 0.3) is 0 Å². The first-order valence-electron chi connectivity index (χ1n) is 18.4. The maximum absolute atomic E-state index is 16.0. The highest BCUT2D eigenvalue weighted by atomic mass is 127. The minimum Gasteiger partial charge on any atom is -0.493 e.